The van der Waals surface area contributed by atoms with Gasteiger partial charge in [0.05, 0.1) is 17.6 Å². The molecule has 0 bridgehead atoms. The maximum atomic E-state index is 5.53. The molecular weight excluding hydrogens is 188 g/mol. The molecule has 2 aromatic heterocycles. The number of pyridine rings is 1. The van der Waals surface area contributed by atoms with Gasteiger partial charge in [-0.25, -0.2) is 9.67 Å². The molecule has 76 valence electrons. The van der Waals surface area contributed by atoms with Gasteiger partial charge in [0.15, 0.2) is 0 Å². The van der Waals surface area contributed by atoms with Crippen molar-refractivity contribution in [1.82, 2.24) is 14.8 Å². The lowest BCUT2D eigenvalue weighted by Crippen LogP contribution is -1.97. The summed E-state index contributed by atoms with van der Waals surface area (Å²) in [5, 5.41) is 4.51. The molecule has 1 saturated carbocycles. The lowest BCUT2D eigenvalue weighted by atomic mass is 10.3. The highest BCUT2D eigenvalue weighted by molar-refractivity contribution is 5.36. The zero-order valence-electron chi connectivity index (χ0n) is 8.30. The van der Waals surface area contributed by atoms with Crippen LogP contribution in [0.1, 0.15) is 24.5 Å². The third-order valence-corrected chi connectivity index (χ3v) is 2.64. The second kappa shape index (κ2) is 3.08. The van der Waals surface area contributed by atoms with E-state index in [9.17, 15) is 0 Å². The van der Waals surface area contributed by atoms with Gasteiger partial charge in [-0.3, -0.25) is 0 Å². The minimum absolute atomic E-state index is 0.535. The number of nitrogen functional groups attached to an aromatic ring is 1. The number of aromatic nitrogens is 3. The molecule has 0 aliphatic heterocycles. The van der Waals surface area contributed by atoms with Gasteiger partial charge < -0.3 is 5.73 Å². The van der Waals surface area contributed by atoms with Gasteiger partial charge in [-0.05, 0) is 31.0 Å². The molecule has 15 heavy (non-hydrogen) atoms. The highest BCUT2D eigenvalue weighted by atomic mass is 15.3. The minimum Gasteiger partial charge on any atom is -0.384 e. The van der Waals surface area contributed by atoms with E-state index in [0.29, 0.717) is 11.7 Å². The second-order valence-electron chi connectivity index (χ2n) is 3.90. The van der Waals surface area contributed by atoms with Crippen molar-refractivity contribution in [2.24, 2.45) is 0 Å². The first-order chi connectivity index (χ1) is 7.33. The molecule has 0 unspecified atom stereocenters. The minimum atomic E-state index is 0.535. The Bertz CT molecular complexity index is 468. The summed E-state index contributed by atoms with van der Waals surface area (Å²) in [6, 6.07) is 5.79. The number of rotatable bonds is 2. The molecule has 2 heterocycles. The Morgan fingerprint density at radius 1 is 1.27 bits per heavy atom. The third kappa shape index (κ3) is 1.58. The van der Waals surface area contributed by atoms with Crippen LogP contribution in [-0.2, 0) is 0 Å². The van der Waals surface area contributed by atoms with Gasteiger partial charge in [0.2, 0.25) is 0 Å². The standard InChI is InChI=1S/C11H12N4/c12-11-4-3-9(7-13-11)15-6-5-10(14-15)8-1-2-8/h3-8H,1-2H2,(H2,12,13). The zero-order valence-corrected chi connectivity index (χ0v) is 8.30. The average Bonchev–Trinajstić information content (AvgIpc) is 2.99. The largest absolute Gasteiger partial charge is 0.384 e. The molecule has 4 nitrogen and oxygen atoms in total. The molecule has 4 heteroatoms. The summed E-state index contributed by atoms with van der Waals surface area (Å²) in [4.78, 5) is 4.04. The normalized spacial score (nSPS) is 15.5. The van der Waals surface area contributed by atoms with Gasteiger partial charge in [-0.2, -0.15) is 5.10 Å². The van der Waals surface area contributed by atoms with Crippen LogP contribution in [0.25, 0.3) is 5.69 Å². The predicted octanol–water partition coefficient (Wildman–Crippen LogP) is 1.73. The van der Waals surface area contributed by atoms with E-state index >= 15 is 0 Å². The predicted molar refractivity (Wildman–Crippen MR) is 57.7 cm³/mol. The second-order valence-corrected chi connectivity index (χ2v) is 3.90. The average molecular weight is 200 g/mol. The Morgan fingerprint density at radius 3 is 2.80 bits per heavy atom. The van der Waals surface area contributed by atoms with Crippen molar-refractivity contribution in [3.8, 4) is 5.69 Å². The summed E-state index contributed by atoms with van der Waals surface area (Å²) in [6.07, 6.45) is 6.26. The first-order valence-corrected chi connectivity index (χ1v) is 5.10. The van der Waals surface area contributed by atoms with Crippen LogP contribution < -0.4 is 5.73 Å². The van der Waals surface area contributed by atoms with E-state index in [4.69, 9.17) is 5.73 Å². The maximum Gasteiger partial charge on any atom is 0.123 e. The Labute approximate surface area is 87.7 Å². The molecule has 0 radical (unpaired) electrons. The third-order valence-electron chi connectivity index (χ3n) is 2.64. The van der Waals surface area contributed by atoms with Crippen LogP contribution in [0.2, 0.25) is 0 Å². The molecule has 0 aromatic carbocycles. The molecule has 1 aliphatic carbocycles. The monoisotopic (exact) mass is 200 g/mol. The van der Waals surface area contributed by atoms with E-state index < -0.39 is 0 Å². The Kier molecular flexibility index (Phi) is 1.74. The van der Waals surface area contributed by atoms with Crippen molar-refractivity contribution in [2.45, 2.75) is 18.8 Å². The van der Waals surface area contributed by atoms with E-state index in [1.807, 2.05) is 16.9 Å². The molecule has 1 aliphatic rings. The fourth-order valence-electron chi connectivity index (χ4n) is 1.61. The van der Waals surface area contributed by atoms with E-state index in [1.165, 1.54) is 18.5 Å². The van der Waals surface area contributed by atoms with Gasteiger partial charge >= 0.3 is 0 Å². The van der Waals surface area contributed by atoms with Crippen molar-refractivity contribution < 1.29 is 0 Å². The van der Waals surface area contributed by atoms with Crippen LogP contribution in [0.15, 0.2) is 30.6 Å². The van der Waals surface area contributed by atoms with Crippen LogP contribution >= 0.6 is 0 Å². The summed E-state index contributed by atoms with van der Waals surface area (Å²) in [5.41, 5.74) is 7.67. The highest BCUT2D eigenvalue weighted by Crippen LogP contribution is 2.38. The zero-order chi connectivity index (χ0) is 10.3. The van der Waals surface area contributed by atoms with Crippen LogP contribution in [-0.4, -0.2) is 14.8 Å². The molecule has 2 aromatic rings. The number of nitrogens with two attached hydrogens (primary N) is 1. The summed E-state index contributed by atoms with van der Waals surface area (Å²) >= 11 is 0. The smallest absolute Gasteiger partial charge is 0.123 e. The fourth-order valence-corrected chi connectivity index (χ4v) is 1.61. The summed E-state index contributed by atoms with van der Waals surface area (Å²) in [5.74, 6) is 1.22. The Hall–Kier alpha value is -1.84. The Balaban J connectivity index is 1.93. The van der Waals surface area contributed by atoms with Crippen LogP contribution in [0.4, 0.5) is 5.82 Å². The van der Waals surface area contributed by atoms with Crippen molar-refractivity contribution in [1.29, 1.82) is 0 Å². The first-order valence-electron chi connectivity index (χ1n) is 5.10. The number of anilines is 1. The maximum absolute atomic E-state index is 5.53. The first kappa shape index (κ1) is 8.47. The van der Waals surface area contributed by atoms with Gasteiger partial charge in [0, 0.05) is 12.1 Å². The number of hydrogen-bond acceptors (Lipinski definition) is 3. The molecule has 0 saturated heterocycles. The Morgan fingerprint density at radius 2 is 2.13 bits per heavy atom. The van der Waals surface area contributed by atoms with Gasteiger partial charge in [0.25, 0.3) is 0 Å². The van der Waals surface area contributed by atoms with Crippen molar-refractivity contribution in [2.75, 3.05) is 5.73 Å². The highest BCUT2D eigenvalue weighted by Gasteiger charge is 2.25. The van der Waals surface area contributed by atoms with Crippen molar-refractivity contribution in [3.05, 3.63) is 36.3 Å². The molecule has 0 spiro atoms. The molecular formula is C11H12N4. The fraction of sp³-hybridized carbons (Fsp3) is 0.273. The van der Waals surface area contributed by atoms with Crippen molar-refractivity contribution >= 4 is 5.82 Å². The van der Waals surface area contributed by atoms with Crippen LogP contribution in [0.5, 0.6) is 0 Å². The van der Waals surface area contributed by atoms with E-state index in [2.05, 4.69) is 16.1 Å². The van der Waals surface area contributed by atoms with Gasteiger partial charge in [0.1, 0.15) is 5.82 Å². The molecule has 0 atom stereocenters. The van der Waals surface area contributed by atoms with Gasteiger partial charge in [-0.15, -0.1) is 0 Å². The van der Waals surface area contributed by atoms with Crippen LogP contribution in [0, 0.1) is 0 Å². The number of nitrogens with zero attached hydrogens (tertiary/aromatic N) is 3. The molecule has 3 rings (SSSR count). The van der Waals surface area contributed by atoms with E-state index in [0.717, 1.165) is 5.69 Å². The van der Waals surface area contributed by atoms with Gasteiger partial charge in [-0.1, -0.05) is 0 Å². The lowest BCUT2D eigenvalue weighted by molar-refractivity contribution is 0.833. The lowest BCUT2D eigenvalue weighted by Gasteiger charge is -2.00. The quantitative estimate of drug-likeness (QED) is 0.803. The summed E-state index contributed by atoms with van der Waals surface area (Å²) in [6.45, 7) is 0. The summed E-state index contributed by atoms with van der Waals surface area (Å²) < 4.78 is 1.85. The van der Waals surface area contributed by atoms with E-state index in [1.54, 1.807) is 12.3 Å². The summed E-state index contributed by atoms with van der Waals surface area (Å²) in [7, 11) is 0. The molecule has 1 fully saturated rings. The van der Waals surface area contributed by atoms with Crippen LogP contribution in [0.3, 0.4) is 0 Å². The molecule has 0 amide bonds. The topological polar surface area (TPSA) is 56.7 Å². The molecule has 2 N–H and O–H groups in total. The van der Waals surface area contributed by atoms with E-state index in [-0.39, 0.29) is 0 Å². The SMILES string of the molecule is Nc1ccc(-n2ccc(C3CC3)n2)cn1. The number of hydrogen-bond donors (Lipinski definition) is 1. The van der Waals surface area contributed by atoms with Crippen molar-refractivity contribution in [3.63, 3.8) is 0 Å².